The van der Waals surface area contributed by atoms with Crippen molar-refractivity contribution >= 4 is 77.8 Å². The van der Waals surface area contributed by atoms with E-state index in [0.29, 0.717) is 0 Å². The highest BCUT2D eigenvalue weighted by atomic mass is 15.3. The fraction of sp³-hybridized carbons (Fsp3) is 0.190. The maximum Gasteiger partial charge on any atom is 0.0703 e. The first kappa shape index (κ1) is 26.0. The van der Waals surface area contributed by atoms with Gasteiger partial charge in [0.25, 0.3) is 0 Å². The predicted octanol–water partition coefficient (Wildman–Crippen LogP) is 11.0. The molecule has 7 aromatic carbocycles. The van der Waals surface area contributed by atoms with Gasteiger partial charge in [-0.1, -0.05) is 66.7 Å². The van der Waals surface area contributed by atoms with Crippen LogP contribution in [0, 0.1) is 0 Å². The molecule has 0 N–H and O–H groups in total. The van der Waals surface area contributed by atoms with Gasteiger partial charge in [-0.2, -0.15) is 0 Å². The van der Waals surface area contributed by atoms with Crippen LogP contribution in [0.4, 0.5) is 45.5 Å². The van der Waals surface area contributed by atoms with Crippen LogP contribution in [0.1, 0.15) is 25.7 Å². The third-order valence-electron chi connectivity index (χ3n) is 10.6. The monoisotopic (exact) mass is 596 g/mol. The van der Waals surface area contributed by atoms with E-state index in [-0.39, 0.29) is 0 Å². The van der Waals surface area contributed by atoms with Crippen LogP contribution >= 0.6 is 0 Å². The van der Waals surface area contributed by atoms with E-state index >= 15 is 0 Å². The van der Waals surface area contributed by atoms with Crippen molar-refractivity contribution in [2.75, 3.05) is 45.8 Å². The number of hydrogen-bond acceptors (Lipinski definition) is 4. The SMILES string of the molecule is c1ccc(N2c3ccccc3N(c3cc4ccc5c(N6CCCC6)cc(N6CCCC6)c6ccc(c3)c4c56)c3ccccc32)cc1. The summed E-state index contributed by atoms with van der Waals surface area (Å²) in [5.41, 5.74) is 9.94. The lowest BCUT2D eigenvalue weighted by Crippen LogP contribution is -2.23. The summed E-state index contributed by atoms with van der Waals surface area (Å²) >= 11 is 0. The molecule has 0 unspecified atom stereocenters. The fourth-order valence-electron chi connectivity index (χ4n) is 8.51. The van der Waals surface area contributed by atoms with Gasteiger partial charge in [-0.15, -0.1) is 0 Å². The zero-order chi connectivity index (χ0) is 30.2. The Morgan fingerprint density at radius 3 is 1.26 bits per heavy atom. The first-order valence-corrected chi connectivity index (χ1v) is 16.9. The van der Waals surface area contributed by atoms with E-state index in [9.17, 15) is 0 Å². The van der Waals surface area contributed by atoms with Crippen molar-refractivity contribution in [1.82, 2.24) is 0 Å². The van der Waals surface area contributed by atoms with E-state index < -0.39 is 0 Å². The molecule has 2 saturated heterocycles. The summed E-state index contributed by atoms with van der Waals surface area (Å²) < 4.78 is 0. The summed E-state index contributed by atoms with van der Waals surface area (Å²) in [4.78, 5) is 10.1. The van der Waals surface area contributed by atoms with Gasteiger partial charge in [-0.3, -0.25) is 0 Å². The second kappa shape index (κ2) is 10.1. The normalized spacial score (nSPS) is 16.3. The minimum atomic E-state index is 1.15. The largest absolute Gasteiger partial charge is 0.371 e. The van der Waals surface area contributed by atoms with E-state index in [1.165, 1.54) is 103 Å². The average Bonchev–Trinajstić information content (AvgIpc) is 3.85. The Morgan fingerprint density at radius 1 is 0.348 bits per heavy atom. The van der Waals surface area contributed by atoms with Crippen LogP contribution in [0.3, 0.4) is 0 Å². The van der Waals surface area contributed by atoms with Gasteiger partial charge in [-0.05, 0) is 96.4 Å². The minimum Gasteiger partial charge on any atom is -0.371 e. The minimum absolute atomic E-state index is 1.15. The highest BCUT2D eigenvalue weighted by molar-refractivity contribution is 6.28. The number of rotatable bonds is 4. The van der Waals surface area contributed by atoms with E-state index in [0.717, 1.165) is 26.2 Å². The van der Waals surface area contributed by atoms with Crippen LogP contribution in [0.2, 0.25) is 0 Å². The van der Waals surface area contributed by atoms with Gasteiger partial charge in [-0.25, -0.2) is 0 Å². The van der Waals surface area contributed by atoms with Crippen molar-refractivity contribution < 1.29 is 0 Å². The van der Waals surface area contributed by atoms with Crippen molar-refractivity contribution in [3.63, 3.8) is 0 Å². The molecule has 7 aromatic rings. The first-order valence-electron chi connectivity index (χ1n) is 16.9. The highest BCUT2D eigenvalue weighted by Crippen LogP contribution is 2.55. The summed E-state index contributed by atoms with van der Waals surface area (Å²) in [6.07, 6.45) is 5.13. The summed E-state index contributed by atoms with van der Waals surface area (Å²) in [7, 11) is 0. The Morgan fingerprint density at radius 2 is 0.783 bits per heavy atom. The van der Waals surface area contributed by atoms with Crippen molar-refractivity contribution in [3.8, 4) is 0 Å². The topological polar surface area (TPSA) is 13.0 Å². The molecular formula is C42H36N4. The standard InChI is InChI=1S/C42H36N4/c1-2-12-31(13-3-1)45-35-14-4-6-16-37(35)46(38-17-7-5-15-36(38)45)32-26-29-18-20-33-39(43-22-8-9-23-43)28-40(44-24-10-11-25-44)34-21-19-30(27-32)41(29)42(33)34/h1-7,12-21,26-28H,8-11,22-25H2. The molecule has 3 aliphatic heterocycles. The molecular weight excluding hydrogens is 560 g/mol. The average molecular weight is 597 g/mol. The third kappa shape index (κ3) is 3.79. The van der Waals surface area contributed by atoms with Gasteiger partial charge in [0.1, 0.15) is 0 Å². The van der Waals surface area contributed by atoms with Gasteiger partial charge in [0.2, 0.25) is 0 Å². The number of fused-ring (bicyclic) bond motifs is 2. The molecule has 0 aromatic heterocycles. The zero-order valence-corrected chi connectivity index (χ0v) is 26.0. The molecule has 0 aliphatic carbocycles. The van der Waals surface area contributed by atoms with Crippen LogP contribution in [-0.2, 0) is 0 Å². The number of hydrogen-bond donors (Lipinski definition) is 0. The second-order valence-electron chi connectivity index (χ2n) is 13.2. The van der Waals surface area contributed by atoms with Gasteiger partial charge >= 0.3 is 0 Å². The van der Waals surface area contributed by atoms with Crippen molar-refractivity contribution in [1.29, 1.82) is 0 Å². The first-order chi connectivity index (χ1) is 22.8. The molecule has 0 atom stereocenters. The van der Waals surface area contributed by atoms with E-state index in [1.807, 2.05) is 0 Å². The summed E-state index contributed by atoms with van der Waals surface area (Å²) in [6, 6.07) is 45.3. The molecule has 0 saturated carbocycles. The maximum atomic E-state index is 2.64. The molecule has 0 bridgehead atoms. The van der Waals surface area contributed by atoms with E-state index in [4.69, 9.17) is 0 Å². The van der Waals surface area contributed by atoms with Crippen molar-refractivity contribution in [2.45, 2.75) is 25.7 Å². The number of para-hydroxylation sites is 5. The molecule has 3 aliphatic rings. The number of anilines is 8. The molecule has 4 nitrogen and oxygen atoms in total. The second-order valence-corrected chi connectivity index (χ2v) is 13.2. The Labute approximate surface area is 270 Å². The fourth-order valence-corrected chi connectivity index (χ4v) is 8.51. The van der Waals surface area contributed by atoms with Gasteiger partial charge in [0, 0.05) is 65.1 Å². The quantitative estimate of drug-likeness (QED) is 0.187. The van der Waals surface area contributed by atoms with Crippen LogP contribution < -0.4 is 19.6 Å². The molecule has 46 heavy (non-hydrogen) atoms. The molecule has 10 rings (SSSR count). The van der Waals surface area contributed by atoms with E-state index in [2.05, 4.69) is 141 Å². The molecule has 4 heteroatoms. The van der Waals surface area contributed by atoms with Gasteiger partial charge in [0.05, 0.1) is 22.7 Å². The van der Waals surface area contributed by atoms with Gasteiger partial charge < -0.3 is 19.6 Å². The molecule has 0 amide bonds. The Kier molecular flexibility index (Phi) is 5.75. The lowest BCUT2D eigenvalue weighted by molar-refractivity contribution is 0.949. The Balaban J connectivity index is 1.21. The van der Waals surface area contributed by atoms with Crippen LogP contribution in [0.25, 0.3) is 32.3 Å². The molecule has 224 valence electrons. The Bertz CT molecular complexity index is 2110. The van der Waals surface area contributed by atoms with Gasteiger partial charge in [0.15, 0.2) is 0 Å². The van der Waals surface area contributed by atoms with Crippen molar-refractivity contribution in [3.05, 3.63) is 121 Å². The smallest absolute Gasteiger partial charge is 0.0703 e. The molecule has 0 spiro atoms. The lowest BCUT2D eigenvalue weighted by atomic mass is 9.91. The Hall–Kier alpha value is -5.22. The highest BCUT2D eigenvalue weighted by Gasteiger charge is 2.31. The number of benzene rings is 7. The summed E-state index contributed by atoms with van der Waals surface area (Å²) in [6.45, 7) is 4.62. The molecule has 2 fully saturated rings. The van der Waals surface area contributed by atoms with Crippen LogP contribution in [-0.4, -0.2) is 26.2 Å². The zero-order valence-electron chi connectivity index (χ0n) is 26.0. The maximum absolute atomic E-state index is 2.64. The van der Waals surface area contributed by atoms with E-state index in [1.54, 1.807) is 0 Å². The predicted molar refractivity (Wildman–Crippen MR) is 196 cm³/mol. The van der Waals surface area contributed by atoms with Crippen molar-refractivity contribution in [2.24, 2.45) is 0 Å². The molecule has 0 radical (unpaired) electrons. The summed E-state index contributed by atoms with van der Waals surface area (Å²) in [5, 5.41) is 8.23. The molecule has 3 heterocycles. The van der Waals surface area contributed by atoms with Crippen LogP contribution in [0.15, 0.2) is 121 Å². The third-order valence-corrected chi connectivity index (χ3v) is 10.6. The van der Waals surface area contributed by atoms with Crippen LogP contribution in [0.5, 0.6) is 0 Å². The lowest BCUT2D eigenvalue weighted by Gasteiger charge is -2.40. The summed E-state index contributed by atoms with van der Waals surface area (Å²) in [5.74, 6) is 0. The number of nitrogens with zero attached hydrogens (tertiary/aromatic N) is 4.